The number of rotatable bonds is 2. The number of nitriles is 1. The summed E-state index contributed by atoms with van der Waals surface area (Å²) in [6, 6.07) is 1.57. The van der Waals surface area contributed by atoms with E-state index >= 15 is 0 Å². The van der Waals surface area contributed by atoms with Gasteiger partial charge in [0, 0.05) is 26.2 Å². The summed E-state index contributed by atoms with van der Waals surface area (Å²) in [5, 5.41) is 10.8. The molecule has 0 bridgehead atoms. The fourth-order valence-corrected chi connectivity index (χ4v) is 1.53. The van der Waals surface area contributed by atoms with Gasteiger partial charge >= 0.3 is 12.1 Å². The summed E-state index contributed by atoms with van der Waals surface area (Å²) in [7, 11) is 0. The van der Waals surface area contributed by atoms with Gasteiger partial charge in [-0.05, 0) is 6.92 Å². The first-order valence-electron chi connectivity index (χ1n) is 5.50. The normalized spacial score (nSPS) is 15.1. The summed E-state index contributed by atoms with van der Waals surface area (Å²) < 4.78 is 4.87. The van der Waals surface area contributed by atoms with Crippen molar-refractivity contribution in [2.75, 3.05) is 39.3 Å². The van der Waals surface area contributed by atoms with E-state index < -0.39 is 0 Å². The van der Waals surface area contributed by atoms with Crippen LogP contribution in [0.4, 0.5) is 9.59 Å². The molecule has 0 aromatic carbocycles. The molecular formula is C10H16N4O3. The number of piperazine rings is 1. The lowest BCUT2D eigenvalue weighted by atomic mass is 10.3. The maximum atomic E-state index is 11.5. The largest absolute Gasteiger partial charge is 0.450 e. The van der Waals surface area contributed by atoms with Gasteiger partial charge < -0.3 is 19.9 Å². The van der Waals surface area contributed by atoms with Gasteiger partial charge in [-0.3, -0.25) is 0 Å². The van der Waals surface area contributed by atoms with Crippen LogP contribution in [-0.2, 0) is 4.74 Å². The van der Waals surface area contributed by atoms with Crippen LogP contribution in [0, 0.1) is 11.3 Å². The molecule has 1 aliphatic heterocycles. The number of carbonyl (C=O) groups excluding carboxylic acids is 2. The lowest BCUT2D eigenvalue weighted by Gasteiger charge is -2.33. The molecule has 94 valence electrons. The molecule has 1 saturated heterocycles. The van der Waals surface area contributed by atoms with Crippen molar-refractivity contribution in [3.63, 3.8) is 0 Å². The first-order valence-corrected chi connectivity index (χ1v) is 5.50. The van der Waals surface area contributed by atoms with E-state index in [1.807, 2.05) is 6.07 Å². The van der Waals surface area contributed by atoms with E-state index in [1.54, 1.807) is 16.7 Å². The molecule has 1 N–H and O–H groups in total. The maximum absolute atomic E-state index is 11.5. The average Bonchev–Trinajstić information content (AvgIpc) is 2.36. The highest BCUT2D eigenvalue weighted by Gasteiger charge is 2.24. The Hall–Kier alpha value is -1.97. The Morgan fingerprint density at radius 1 is 1.29 bits per heavy atom. The molecule has 0 radical (unpaired) electrons. The fourth-order valence-electron chi connectivity index (χ4n) is 1.53. The minimum absolute atomic E-state index is 0.00305. The van der Waals surface area contributed by atoms with Crippen molar-refractivity contribution in [2.45, 2.75) is 6.92 Å². The summed E-state index contributed by atoms with van der Waals surface area (Å²) >= 11 is 0. The molecule has 7 heteroatoms. The van der Waals surface area contributed by atoms with Crippen LogP contribution in [-0.4, -0.2) is 61.3 Å². The Labute approximate surface area is 99.9 Å². The van der Waals surface area contributed by atoms with Gasteiger partial charge in [0.15, 0.2) is 0 Å². The molecule has 3 amide bonds. The quantitative estimate of drug-likeness (QED) is 0.688. The summed E-state index contributed by atoms with van der Waals surface area (Å²) in [6.45, 7) is 3.92. The summed E-state index contributed by atoms with van der Waals surface area (Å²) in [4.78, 5) is 26.0. The summed E-state index contributed by atoms with van der Waals surface area (Å²) in [5.41, 5.74) is 0. The van der Waals surface area contributed by atoms with E-state index in [-0.39, 0.29) is 18.7 Å². The molecule has 17 heavy (non-hydrogen) atoms. The summed E-state index contributed by atoms with van der Waals surface area (Å²) in [5.74, 6) is 0. The van der Waals surface area contributed by atoms with E-state index in [4.69, 9.17) is 10.00 Å². The number of nitrogens with zero attached hydrogens (tertiary/aromatic N) is 3. The monoisotopic (exact) mass is 240 g/mol. The second-order valence-corrected chi connectivity index (χ2v) is 3.49. The highest BCUT2D eigenvalue weighted by molar-refractivity contribution is 5.75. The Morgan fingerprint density at radius 2 is 1.88 bits per heavy atom. The van der Waals surface area contributed by atoms with Crippen LogP contribution < -0.4 is 5.32 Å². The van der Waals surface area contributed by atoms with Crippen molar-refractivity contribution in [3.8, 4) is 6.07 Å². The summed E-state index contributed by atoms with van der Waals surface area (Å²) in [6.07, 6.45) is -0.343. The number of nitrogens with one attached hydrogen (secondary N) is 1. The predicted molar refractivity (Wildman–Crippen MR) is 59.2 cm³/mol. The van der Waals surface area contributed by atoms with Crippen LogP contribution in [0.15, 0.2) is 0 Å². The van der Waals surface area contributed by atoms with Crippen molar-refractivity contribution >= 4 is 12.1 Å². The molecule has 0 saturated carbocycles. The molecule has 1 aliphatic rings. The van der Waals surface area contributed by atoms with Gasteiger partial charge in [0.1, 0.15) is 6.54 Å². The minimum Gasteiger partial charge on any atom is -0.450 e. The standard InChI is InChI=1S/C10H16N4O3/c1-2-17-10(16)14-7-5-13(6-8-14)9(15)12-4-3-11/h2,4-8H2,1H3,(H,12,15). The number of ether oxygens (including phenoxy) is 1. The van der Waals surface area contributed by atoms with E-state index in [2.05, 4.69) is 5.32 Å². The SMILES string of the molecule is CCOC(=O)N1CCN(C(=O)NCC#N)CC1. The lowest BCUT2D eigenvalue weighted by molar-refractivity contribution is 0.0853. The predicted octanol–water partition coefficient (Wildman–Crippen LogP) is -0.00632. The number of hydrogen-bond donors (Lipinski definition) is 1. The van der Waals surface area contributed by atoms with Crippen molar-refractivity contribution in [2.24, 2.45) is 0 Å². The molecule has 1 rings (SSSR count). The van der Waals surface area contributed by atoms with E-state index in [0.29, 0.717) is 32.8 Å². The Kier molecular flexibility index (Phi) is 5.07. The third-order valence-electron chi connectivity index (χ3n) is 2.41. The van der Waals surface area contributed by atoms with Crippen LogP contribution in [0.25, 0.3) is 0 Å². The first kappa shape index (κ1) is 13.1. The number of urea groups is 1. The van der Waals surface area contributed by atoms with Crippen LogP contribution in [0.2, 0.25) is 0 Å². The zero-order valence-corrected chi connectivity index (χ0v) is 9.81. The fraction of sp³-hybridized carbons (Fsp3) is 0.700. The zero-order chi connectivity index (χ0) is 12.7. The van der Waals surface area contributed by atoms with Gasteiger partial charge in [0.25, 0.3) is 0 Å². The highest BCUT2D eigenvalue weighted by Crippen LogP contribution is 2.03. The Bertz CT molecular complexity index is 318. The van der Waals surface area contributed by atoms with Crippen LogP contribution >= 0.6 is 0 Å². The second-order valence-electron chi connectivity index (χ2n) is 3.49. The lowest BCUT2D eigenvalue weighted by Crippen LogP contribution is -2.53. The van der Waals surface area contributed by atoms with Crippen molar-refractivity contribution in [1.29, 1.82) is 5.26 Å². The molecule has 0 unspecified atom stereocenters. The Morgan fingerprint density at radius 3 is 2.41 bits per heavy atom. The number of hydrogen-bond acceptors (Lipinski definition) is 4. The third kappa shape index (κ3) is 3.83. The van der Waals surface area contributed by atoms with Gasteiger partial charge in [-0.2, -0.15) is 5.26 Å². The molecule has 1 fully saturated rings. The van der Waals surface area contributed by atoms with Crippen molar-refractivity contribution in [1.82, 2.24) is 15.1 Å². The molecule has 0 aliphatic carbocycles. The van der Waals surface area contributed by atoms with Crippen LogP contribution in [0.1, 0.15) is 6.92 Å². The zero-order valence-electron chi connectivity index (χ0n) is 9.81. The molecular weight excluding hydrogens is 224 g/mol. The van der Waals surface area contributed by atoms with E-state index in [9.17, 15) is 9.59 Å². The van der Waals surface area contributed by atoms with Crippen molar-refractivity contribution < 1.29 is 14.3 Å². The molecule has 0 atom stereocenters. The topological polar surface area (TPSA) is 85.7 Å². The minimum atomic E-state index is -0.343. The van der Waals surface area contributed by atoms with Crippen molar-refractivity contribution in [3.05, 3.63) is 0 Å². The highest BCUT2D eigenvalue weighted by atomic mass is 16.6. The van der Waals surface area contributed by atoms with Crippen LogP contribution in [0.3, 0.4) is 0 Å². The van der Waals surface area contributed by atoms with E-state index in [1.165, 1.54) is 0 Å². The smallest absolute Gasteiger partial charge is 0.409 e. The van der Waals surface area contributed by atoms with Gasteiger partial charge in [-0.1, -0.05) is 0 Å². The number of carbonyl (C=O) groups is 2. The third-order valence-corrected chi connectivity index (χ3v) is 2.41. The average molecular weight is 240 g/mol. The van der Waals surface area contributed by atoms with Gasteiger partial charge in [-0.15, -0.1) is 0 Å². The number of amides is 3. The van der Waals surface area contributed by atoms with Gasteiger partial charge in [0.05, 0.1) is 12.7 Å². The van der Waals surface area contributed by atoms with Gasteiger partial charge in [0.2, 0.25) is 0 Å². The molecule has 7 nitrogen and oxygen atoms in total. The molecule has 0 spiro atoms. The molecule has 0 aromatic rings. The first-order chi connectivity index (χ1) is 8.19. The Balaban J connectivity index is 2.33. The van der Waals surface area contributed by atoms with E-state index in [0.717, 1.165) is 0 Å². The molecule has 1 heterocycles. The molecule has 0 aromatic heterocycles. The van der Waals surface area contributed by atoms with Crippen LogP contribution in [0.5, 0.6) is 0 Å². The van der Waals surface area contributed by atoms with Gasteiger partial charge in [-0.25, -0.2) is 9.59 Å². The maximum Gasteiger partial charge on any atom is 0.409 e. The second kappa shape index (κ2) is 6.58.